The highest BCUT2D eigenvalue weighted by Gasteiger charge is 2.63. The molecule has 94 valence electrons. The molecule has 0 aromatic rings. The van der Waals surface area contributed by atoms with Crippen molar-refractivity contribution in [1.29, 1.82) is 0 Å². The van der Waals surface area contributed by atoms with E-state index >= 15 is 0 Å². The Morgan fingerprint density at radius 2 is 1.94 bits per heavy atom. The van der Waals surface area contributed by atoms with Crippen LogP contribution in [0.1, 0.15) is 46.0 Å². The number of nitrogens with zero attached hydrogens (tertiary/aromatic N) is 1. The van der Waals surface area contributed by atoms with Crippen LogP contribution in [0.4, 0.5) is 0 Å². The normalized spacial score (nSPS) is 41.9. The summed E-state index contributed by atoms with van der Waals surface area (Å²) in [5.74, 6) is 0.968. The minimum atomic E-state index is -0.538. The summed E-state index contributed by atoms with van der Waals surface area (Å²) >= 11 is 0. The van der Waals surface area contributed by atoms with Gasteiger partial charge < -0.3 is 4.48 Å². The van der Waals surface area contributed by atoms with Crippen molar-refractivity contribution < 1.29 is 8.69 Å². The Morgan fingerprint density at radius 3 is 2.38 bits per heavy atom. The fraction of sp³-hybridized carbons (Fsp3) is 1.00. The second-order valence-corrected chi connectivity index (χ2v) is 7.44. The van der Waals surface area contributed by atoms with E-state index in [2.05, 4.69) is 20.9 Å². The minimum Gasteiger partial charge on any atom is -0.319 e. The third kappa shape index (κ3) is 1.59. The highest BCUT2D eigenvalue weighted by atomic mass is 32.2. The lowest BCUT2D eigenvalue weighted by atomic mass is 9.85. The monoisotopic (exact) mass is 244 g/mol. The molecule has 2 nitrogen and oxygen atoms in total. The zero-order valence-electron chi connectivity index (χ0n) is 11.0. The predicted molar refractivity (Wildman–Crippen MR) is 69.9 cm³/mol. The molecular formula is C13H26NOS+. The summed E-state index contributed by atoms with van der Waals surface area (Å²) < 4.78 is 13.2. The molecule has 0 aromatic heterocycles. The van der Waals surface area contributed by atoms with Crippen LogP contribution < -0.4 is 0 Å². The second-order valence-electron chi connectivity index (χ2n) is 5.83. The van der Waals surface area contributed by atoms with Gasteiger partial charge >= 0.3 is 0 Å². The molecule has 2 aliphatic heterocycles. The van der Waals surface area contributed by atoms with Gasteiger partial charge in [0, 0.05) is 30.1 Å². The minimum absolute atomic E-state index is 0.366. The van der Waals surface area contributed by atoms with E-state index in [1.54, 1.807) is 0 Å². The maximum absolute atomic E-state index is 12.0. The Bertz CT molecular complexity index is 286. The molecule has 0 radical (unpaired) electrons. The van der Waals surface area contributed by atoms with Crippen LogP contribution in [-0.2, 0) is 10.8 Å². The lowest BCUT2D eigenvalue weighted by Gasteiger charge is -2.58. The number of rotatable bonds is 4. The maximum atomic E-state index is 12.0. The van der Waals surface area contributed by atoms with Crippen molar-refractivity contribution in [3.8, 4) is 0 Å². The molecule has 2 rings (SSSR count). The number of hydrogen-bond donors (Lipinski definition) is 0. The lowest BCUT2D eigenvalue weighted by Crippen LogP contribution is -2.75. The summed E-state index contributed by atoms with van der Waals surface area (Å²) in [6.07, 6.45) is 6.34. The fourth-order valence-electron chi connectivity index (χ4n) is 4.07. The third-order valence-corrected chi connectivity index (χ3v) is 7.18. The first-order valence-corrected chi connectivity index (χ1v) is 8.19. The van der Waals surface area contributed by atoms with E-state index < -0.39 is 10.8 Å². The Kier molecular flexibility index (Phi) is 3.47. The molecule has 0 amide bonds. The predicted octanol–water partition coefficient (Wildman–Crippen LogP) is 2.31. The van der Waals surface area contributed by atoms with Gasteiger partial charge in [0.2, 0.25) is 0 Å². The Morgan fingerprint density at radius 1 is 1.31 bits per heavy atom. The molecule has 3 atom stereocenters. The molecule has 0 spiro atoms. The van der Waals surface area contributed by atoms with Gasteiger partial charge in [0.25, 0.3) is 0 Å². The van der Waals surface area contributed by atoms with E-state index in [0.29, 0.717) is 10.8 Å². The molecule has 0 N–H and O–H groups in total. The van der Waals surface area contributed by atoms with Crippen molar-refractivity contribution in [2.45, 2.75) is 56.7 Å². The fourth-order valence-corrected chi connectivity index (χ4v) is 6.44. The van der Waals surface area contributed by atoms with Crippen LogP contribution in [0.2, 0.25) is 0 Å². The van der Waals surface area contributed by atoms with Gasteiger partial charge in [-0.05, 0) is 6.42 Å². The maximum Gasteiger partial charge on any atom is 0.125 e. The molecule has 3 heteroatoms. The molecular weight excluding hydrogens is 218 g/mol. The molecule has 0 aliphatic carbocycles. The molecule has 0 bridgehead atoms. The highest BCUT2D eigenvalue weighted by Crippen LogP contribution is 2.46. The van der Waals surface area contributed by atoms with E-state index in [0.717, 1.165) is 12.2 Å². The van der Waals surface area contributed by atoms with Crippen LogP contribution in [0.15, 0.2) is 0 Å². The summed E-state index contributed by atoms with van der Waals surface area (Å²) in [7, 11) is 1.88. The van der Waals surface area contributed by atoms with Gasteiger partial charge in [-0.2, -0.15) is 0 Å². The van der Waals surface area contributed by atoms with E-state index in [9.17, 15) is 4.21 Å². The largest absolute Gasteiger partial charge is 0.319 e. The quantitative estimate of drug-likeness (QED) is 0.694. The first-order valence-electron chi connectivity index (χ1n) is 6.81. The van der Waals surface area contributed by atoms with Crippen LogP contribution in [-0.4, -0.2) is 45.4 Å². The first kappa shape index (κ1) is 12.6. The number of hydrogen-bond acceptors (Lipinski definition) is 1. The van der Waals surface area contributed by atoms with Crippen molar-refractivity contribution in [3.05, 3.63) is 0 Å². The molecule has 3 unspecified atom stereocenters. The van der Waals surface area contributed by atoms with Gasteiger partial charge in [-0.1, -0.05) is 20.3 Å². The zero-order chi connectivity index (χ0) is 11.8. The van der Waals surface area contributed by atoms with Gasteiger partial charge in [-0.15, -0.1) is 0 Å². The second kappa shape index (κ2) is 4.41. The Hall–Kier alpha value is 0.110. The summed E-state index contributed by atoms with van der Waals surface area (Å²) in [4.78, 5) is 0. The van der Waals surface area contributed by atoms with Crippen molar-refractivity contribution in [1.82, 2.24) is 0 Å². The average Bonchev–Trinajstić information content (AvgIpc) is 2.66. The van der Waals surface area contributed by atoms with Crippen molar-refractivity contribution in [3.63, 3.8) is 0 Å². The molecule has 0 saturated carbocycles. The van der Waals surface area contributed by atoms with Crippen LogP contribution in [0.3, 0.4) is 0 Å². The molecule has 2 heterocycles. The molecule has 16 heavy (non-hydrogen) atoms. The van der Waals surface area contributed by atoms with Crippen LogP contribution in [0, 0.1) is 0 Å². The van der Waals surface area contributed by atoms with Crippen LogP contribution >= 0.6 is 0 Å². The van der Waals surface area contributed by atoms with Gasteiger partial charge in [0.1, 0.15) is 5.54 Å². The number of quaternary nitrogens is 1. The summed E-state index contributed by atoms with van der Waals surface area (Å²) in [6.45, 7) is 7.12. The number of likely N-dealkylation sites (tertiary alicyclic amines) is 1. The average molecular weight is 244 g/mol. The molecule has 0 aromatic carbocycles. The smallest absolute Gasteiger partial charge is 0.125 e. The van der Waals surface area contributed by atoms with Crippen LogP contribution in [0.25, 0.3) is 0 Å². The van der Waals surface area contributed by atoms with E-state index in [1.165, 1.54) is 43.3 Å². The van der Waals surface area contributed by atoms with Crippen molar-refractivity contribution >= 4 is 10.8 Å². The van der Waals surface area contributed by atoms with E-state index in [1.807, 2.05) is 0 Å². The molecule has 2 saturated heterocycles. The SMILES string of the molecule is CCCC1([N+]2(C)CCCC2)CS(=O)C1CC. The Labute approximate surface area is 102 Å². The summed E-state index contributed by atoms with van der Waals surface area (Å²) in [5, 5.41) is 0.468. The van der Waals surface area contributed by atoms with Gasteiger partial charge in [-0.3, -0.25) is 4.21 Å². The molecule has 2 aliphatic rings. The highest BCUT2D eigenvalue weighted by molar-refractivity contribution is 7.87. The lowest BCUT2D eigenvalue weighted by molar-refractivity contribution is -0.948. The van der Waals surface area contributed by atoms with E-state index in [-0.39, 0.29) is 0 Å². The van der Waals surface area contributed by atoms with Gasteiger partial charge in [0.05, 0.1) is 31.1 Å². The Balaban J connectivity index is 2.25. The zero-order valence-corrected chi connectivity index (χ0v) is 11.8. The van der Waals surface area contributed by atoms with Crippen molar-refractivity contribution in [2.24, 2.45) is 0 Å². The van der Waals surface area contributed by atoms with E-state index in [4.69, 9.17) is 0 Å². The van der Waals surface area contributed by atoms with Crippen molar-refractivity contribution in [2.75, 3.05) is 25.9 Å². The summed E-state index contributed by atoms with van der Waals surface area (Å²) in [6, 6.07) is 0. The first-order chi connectivity index (χ1) is 7.59. The van der Waals surface area contributed by atoms with Crippen LogP contribution in [0.5, 0.6) is 0 Å². The topological polar surface area (TPSA) is 17.1 Å². The van der Waals surface area contributed by atoms with Gasteiger partial charge in [0.15, 0.2) is 0 Å². The third-order valence-electron chi connectivity index (χ3n) is 4.99. The standard InChI is InChI=1S/C13H26NOS/c1-4-8-13(11-16(15)12(13)5-2)14(3)9-6-7-10-14/h12H,4-11H2,1-3H3/q+1. The van der Waals surface area contributed by atoms with Gasteiger partial charge in [-0.25, -0.2) is 0 Å². The summed E-state index contributed by atoms with van der Waals surface area (Å²) in [5.41, 5.74) is 0.366. The molecule has 2 fully saturated rings.